The second kappa shape index (κ2) is 8.48. The van der Waals surface area contributed by atoms with Crippen LogP contribution in [0, 0.1) is 0 Å². The number of hydrogen-bond acceptors (Lipinski definition) is 6. The van der Waals surface area contributed by atoms with Gasteiger partial charge in [0.2, 0.25) is 15.9 Å². The maximum Gasteiger partial charge on any atom is 0.307 e. The van der Waals surface area contributed by atoms with Crippen molar-refractivity contribution in [2.45, 2.75) is 51.5 Å². The normalized spacial score (nSPS) is 15.7. The summed E-state index contributed by atoms with van der Waals surface area (Å²) in [4.78, 5) is 25.3. The van der Waals surface area contributed by atoms with Crippen LogP contribution in [-0.4, -0.2) is 56.4 Å². The number of hydrogen-bond donors (Lipinski definition) is 0. The van der Waals surface area contributed by atoms with Crippen LogP contribution in [0.2, 0.25) is 0 Å². The van der Waals surface area contributed by atoms with Crippen molar-refractivity contribution in [3.05, 3.63) is 18.2 Å². The second-order valence-electron chi connectivity index (χ2n) is 7.15. The van der Waals surface area contributed by atoms with Gasteiger partial charge in [-0.2, -0.15) is 4.31 Å². The number of rotatable bonds is 7. The summed E-state index contributed by atoms with van der Waals surface area (Å²) in [5.74, 6) is -0.179. The highest BCUT2D eigenvalue weighted by Crippen LogP contribution is 2.39. The first-order valence-electron chi connectivity index (χ1n) is 9.28. The number of benzene rings is 1. The van der Waals surface area contributed by atoms with Gasteiger partial charge in [0.25, 0.3) is 0 Å². The highest BCUT2D eigenvalue weighted by atomic mass is 32.2. The molecule has 156 valence electrons. The van der Waals surface area contributed by atoms with E-state index in [2.05, 4.69) is 0 Å². The summed E-state index contributed by atoms with van der Waals surface area (Å²) in [6, 6.07) is 4.48. The fraction of sp³-hybridized carbons (Fsp3) is 0.579. The van der Waals surface area contributed by atoms with Gasteiger partial charge >= 0.3 is 5.97 Å². The zero-order valence-electron chi connectivity index (χ0n) is 17.0. The maximum atomic E-state index is 13.1. The van der Waals surface area contributed by atoms with Crippen LogP contribution >= 0.6 is 0 Å². The van der Waals surface area contributed by atoms with Gasteiger partial charge in [-0.1, -0.05) is 6.92 Å². The largest absolute Gasteiger partial charge is 0.484 e. The van der Waals surface area contributed by atoms with Crippen molar-refractivity contribution in [2.24, 2.45) is 0 Å². The number of carbonyl (C=O) groups is 2. The summed E-state index contributed by atoms with van der Waals surface area (Å²) in [5.41, 5.74) is -0.150. The van der Waals surface area contributed by atoms with Crippen molar-refractivity contribution in [2.75, 3.05) is 31.1 Å². The minimum absolute atomic E-state index is 0.0225. The number of sulfonamides is 1. The first kappa shape index (κ1) is 22.2. The summed E-state index contributed by atoms with van der Waals surface area (Å²) in [6.45, 7) is 9.37. The zero-order chi connectivity index (χ0) is 21.1. The molecular weight excluding hydrogens is 384 g/mol. The SMILES string of the molecule is CCOC(=O)CCN(CC)S(=O)(=O)c1ccc2c(c1)N(C(C)=O)CC(C)(C)O2. The minimum atomic E-state index is -3.84. The maximum absolute atomic E-state index is 13.1. The van der Waals surface area contributed by atoms with Crippen LogP contribution in [0.1, 0.15) is 41.0 Å². The number of ether oxygens (including phenoxy) is 2. The monoisotopic (exact) mass is 412 g/mol. The van der Waals surface area contributed by atoms with Gasteiger partial charge in [-0.3, -0.25) is 9.59 Å². The summed E-state index contributed by atoms with van der Waals surface area (Å²) in [6.07, 6.45) is -0.0251. The molecule has 1 aromatic carbocycles. The fourth-order valence-electron chi connectivity index (χ4n) is 3.08. The standard InChI is InChI=1S/C19H28N2O6S/c1-6-20(11-10-18(23)26-7-2)28(24,25)15-8-9-17-16(12-15)21(14(3)22)13-19(4,5)27-17/h8-9,12H,6-7,10-11,13H2,1-5H3. The van der Waals surface area contributed by atoms with Crippen molar-refractivity contribution in [1.82, 2.24) is 4.31 Å². The Morgan fingerprint density at radius 1 is 1.29 bits per heavy atom. The summed E-state index contributed by atoms with van der Waals surface area (Å²) < 4.78 is 38.1. The molecule has 0 aliphatic carbocycles. The van der Waals surface area contributed by atoms with Crippen LogP contribution in [0.4, 0.5) is 5.69 Å². The Balaban J connectivity index is 2.35. The van der Waals surface area contributed by atoms with Crippen molar-refractivity contribution in [3.63, 3.8) is 0 Å². The molecule has 0 radical (unpaired) electrons. The van der Waals surface area contributed by atoms with E-state index in [1.165, 1.54) is 28.3 Å². The lowest BCUT2D eigenvalue weighted by Gasteiger charge is -2.39. The van der Waals surface area contributed by atoms with Crippen molar-refractivity contribution in [1.29, 1.82) is 0 Å². The van der Waals surface area contributed by atoms with Crippen molar-refractivity contribution >= 4 is 27.6 Å². The van der Waals surface area contributed by atoms with E-state index in [1.807, 2.05) is 13.8 Å². The molecule has 1 aromatic rings. The third-order valence-electron chi connectivity index (χ3n) is 4.39. The topological polar surface area (TPSA) is 93.2 Å². The highest BCUT2D eigenvalue weighted by Gasteiger charge is 2.35. The van der Waals surface area contributed by atoms with E-state index in [9.17, 15) is 18.0 Å². The van der Waals surface area contributed by atoms with Gasteiger partial charge in [0.15, 0.2) is 0 Å². The third-order valence-corrected chi connectivity index (χ3v) is 6.36. The van der Waals surface area contributed by atoms with Crippen molar-refractivity contribution in [3.8, 4) is 5.75 Å². The molecule has 1 aliphatic heterocycles. The van der Waals surface area contributed by atoms with E-state index in [4.69, 9.17) is 9.47 Å². The molecule has 0 spiro atoms. The summed E-state index contributed by atoms with van der Waals surface area (Å²) in [7, 11) is -3.84. The highest BCUT2D eigenvalue weighted by molar-refractivity contribution is 7.89. The van der Waals surface area contributed by atoms with Gasteiger partial charge in [0.1, 0.15) is 11.4 Å². The molecule has 0 fully saturated rings. The predicted octanol–water partition coefficient (Wildman–Crippen LogP) is 2.17. The van der Waals surface area contributed by atoms with Crippen LogP contribution in [0.25, 0.3) is 0 Å². The van der Waals surface area contributed by atoms with E-state index >= 15 is 0 Å². The fourth-order valence-corrected chi connectivity index (χ4v) is 4.55. The number of amides is 1. The van der Waals surface area contributed by atoms with Crippen LogP contribution < -0.4 is 9.64 Å². The minimum Gasteiger partial charge on any atom is -0.484 e. The second-order valence-corrected chi connectivity index (χ2v) is 9.09. The van der Waals surface area contributed by atoms with Gasteiger partial charge in [0, 0.05) is 20.0 Å². The Hall–Kier alpha value is -2.13. The number of nitrogens with zero attached hydrogens (tertiary/aromatic N) is 2. The molecule has 1 heterocycles. The van der Waals surface area contributed by atoms with Crippen LogP contribution in [0.3, 0.4) is 0 Å². The van der Waals surface area contributed by atoms with Gasteiger partial charge in [-0.05, 0) is 39.0 Å². The molecule has 0 atom stereocenters. The van der Waals surface area contributed by atoms with Gasteiger partial charge in [0.05, 0.1) is 30.2 Å². The van der Waals surface area contributed by atoms with Gasteiger partial charge in [-0.25, -0.2) is 8.42 Å². The molecule has 0 N–H and O–H groups in total. The molecule has 0 aromatic heterocycles. The van der Waals surface area contributed by atoms with E-state index in [0.29, 0.717) is 18.0 Å². The number of fused-ring (bicyclic) bond motifs is 1. The molecule has 1 amide bonds. The molecule has 0 bridgehead atoms. The van der Waals surface area contributed by atoms with Gasteiger partial charge < -0.3 is 14.4 Å². The Kier molecular flexibility index (Phi) is 6.71. The molecule has 9 heteroatoms. The quantitative estimate of drug-likeness (QED) is 0.637. The van der Waals surface area contributed by atoms with E-state index in [-0.39, 0.29) is 36.9 Å². The Morgan fingerprint density at radius 2 is 1.96 bits per heavy atom. The number of esters is 1. The summed E-state index contributed by atoms with van der Waals surface area (Å²) in [5, 5.41) is 0. The van der Waals surface area contributed by atoms with E-state index < -0.39 is 21.6 Å². The Morgan fingerprint density at radius 3 is 2.54 bits per heavy atom. The third kappa shape index (κ3) is 4.82. The van der Waals surface area contributed by atoms with Crippen LogP contribution in [0.5, 0.6) is 5.75 Å². The molecule has 28 heavy (non-hydrogen) atoms. The van der Waals surface area contributed by atoms with Crippen molar-refractivity contribution < 1.29 is 27.5 Å². The Bertz CT molecular complexity index is 850. The molecule has 0 saturated carbocycles. The molecule has 0 unspecified atom stereocenters. The average molecular weight is 413 g/mol. The van der Waals surface area contributed by atoms with Gasteiger partial charge in [-0.15, -0.1) is 0 Å². The molecule has 0 saturated heterocycles. The van der Waals surface area contributed by atoms with Crippen LogP contribution in [0.15, 0.2) is 23.1 Å². The number of anilines is 1. The smallest absolute Gasteiger partial charge is 0.307 e. The van der Waals surface area contributed by atoms with E-state index in [1.54, 1.807) is 19.9 Å². The predicted molar refractivity (Wildman–Crippen MR) is 105 cm³/mol. The number of carbonyl (C=O) groups excluding carboxylic acids is 2. The lowest BCUT2D eigenvalue weighted by molar-refractivity contribution is -0.143. The molecular formula is C19H28N2O6S. The zero-order valence-corrected chi connectivity index (χ0v) is 17.8. The van der Waals surface area contributed by atoms with E-state index in [0.717, 1.165) is 0 Å². The summed E-state index contributed by atoms with van der Waals surface area (Å²) >= 11 is 0. The Labute approximate surface area is 166 Å². The first-order valence-corrected chi connectivity index (χ1v) is 10.7. The molecule has 1 aliphatic rings. The average Bonchev–Trinajstić information content (AvgIpc) is 2.60. The van der Waals surface area contributed by atoms with Crippen LogP contribution in [-0.2, 0) is 24.3 Å². The molecule has 8 nitrogen and oxygen atoms in total. The first-order chi connectivity index (χ1) is 13.0. The molecule has 2 rings (SSSR count). The lowest BCUT2D eigenvalue weighted by atomic mass is 10.1. The lowest BCUT2D eigenvalue weighted by Crippen LogP contribution is -2.48.